The van der Waals surface area contributed by atoms with E-state index in [2.05, 4.69) is 6.92 Å². The van der Waals surface area contributed by atoms with E-state index in [1.165, 1.54) is 122 Å². The van der Waals surface area contributed by atoms with Gasteiger partial charge in [-0.2, -0.15) is 0 Å². The Hall–Kier alpha value is 0.0300. The average Bonchev–Trinajstić information content (AvgIpc) is 3.32. The van der Waals surface area contributed by atoms with Crippen molar-refractivity contribution in [2.45, 2.75) is 161 Å². The predicted octanol–water partition coefficient (Wildman–Crippen LogP) is 9.83. The topological polar surface area (TPSA) is 65.0 Å². The van der Waals surface area contributed by atoms with Crippen molar-refractivity contribution < 1.29 is 27.7 Å². The van der Waals surface area contributed by atoms with Crippen molar-refractivity contribution in [3.8, 4) is 0 Å². The zero-order valence-electron chi connectivity index (χ0n) is 27.2. The summed E-state index contributed by atoms with van der Waals surface area (Å²) < 4.78 is 29.7. The van der Waals surface area contributed by atoms with E-state index in [0.717, 1.165) is 32.3 Å². The predicted molar refractivity (Wildman–Crippen MR) is 170 cm³/mol. The highest BCUT2D eigenvalue weighted by atomic mass is 31.2. The van der Waals surface area contributed by atoms with Crippen LogP contribution in [0, 0.1) is 5.92 Å². The molecular weight excluding hydrogens is 521 g/mol. The van der Waals surface area contributed by atoms with Crippen molar-refractivity contribution in [2.75, 3.05) is 47.5 Å². The van der Waals surface area contributed by atoms with Crippen LogP contribution in [-0.2, 0) is 18.3 Å². The number of hydrogen-bond donors (Lipinski definition) is 1. The summed E-state index contributed by atoms with van der Waals surface area (Å²) in [6.45, 7) is 4.55. The third-order valence-corrected chi connectivity index (χ3v) is 9.39. The third kappa shape index (κ3) is 23.6. The average molecular weight is 591 g/mol. The summed E-state index contributed by atoms with van der Waals surface area (Å²) in [7, 11) is 2.07. The van der Waals surface area contributed by atoms with Gasteiger partial charge in [0.25, 0.3) is 0 Å². The third-order valence-electron chi connectivity index (χ3n) is 8.35. The summed E-state index contributed by atoms with van der Waals surface area (Å²) in [5.41, 5.74) is 0. The van der Waals surface area contributed by atoms with Gasteiger partial charge in [-0.1, -0.05) is 135 Å². The molecule has 1 fully saturated rings. The lowest BCUT2D eigenvalue weighted by Crippen LogP contribution is -2.37. The van der Waals surface area contributed by atoms with Gasteiger partial charge in [-0.25, -0.2) is 4.57 Å². The Bertz CT molecular complexity index is 612. The van der Waals surface area contributed by atoms with Gasteiger partial charge in [-0.05, 0) is 19.3 Å². The smallest absolute Gasteiger partial charge is 0.381 e. The van der Waals surface area contributed by atoms with Gasteiger partial charge < -0.3 is 14.1 Å². The molecule has 0 radical (unpaired) electrons. The number of unbranched alkanes of at least 4 members (excludes halogenated alkanes) is 19. The first-order valence-corrected chi connectivity index (χ1v) is 18.8. The molecule has 1 unspecified atom stereocenters. The normalized spacial score (nSPS) is 19.3. The largest absolute Gasteiger partial charge is 0.472 e. The molecule has 1 rings (SSSR count). The van der Waals surface area contributed by atoms with Gasteiger partial charge >= 0.3 is 7.82 Å². The van der Waals surface area contributed by atoms with Gasteiger partial charge in [0.2, 0.25) is 0 Å². The number of likely N-dealkylation sites (N-methyl/N-ethyl adjacent to an activating group) is 1. The Labute approximate surface area is 249 Å². The van der Waals surface area contributed by atoms with Crippen LogP contribution in [0.15, 0.2) is 0 Å². The maximum absolute atomic E-state index is 12.3. The molecule has 6 nitrogen and oxygen atoms in total. The van der Waals surface area contributed by atoms with Crippen LogP contribution in [0.5, 0.6) is 0 Å². The van der Waals surface area contributed by atoms with E-state index in [4.69, 9.17) is 13.8 Å². The van der Waals surface area contributed by atoms with Gasteiger partial charge in [0, 0.05) is 12.5 Å². The molecule has 1 saturated carbocycles. The molecule has 0 heterocycles. The highest BCUT2D eigenvalue weighted by molar-refractivity contribution is 7.47. The van der Waals surface area contributed by atoms with Crippen LogP contribution in [0.25, 0.3) is 0 Å². The van der Waals surface area contributed by atoms with Crippen LogP contribution >= 0.6 is 7.82 Å². The van der Waals surface area contributed by atoms with Crippen molar-refractivity contribution in [1.29, 1.82) is 0 Å². The molecule has 0 bridgehead atoms. The summed E-state index contributed by atoms with van der Waals surface area (Å²) in [5.74, 6) is 0.188. The van der Waals surface area contributed by atoms with E-state index in [1.807, 2.05) is 21.1 Å². The van der Waals surface area contributed by atoms with E-state index in [0.29, 0.717) is 17.6 Å². The van der Waals surface area contributed by atoms with E-state index in [-0.39, 0.29) is 18.6 Å². The van der Waals surface area contributed by atoms with Crippen LogP contribution in [0.1, 0.15) is 155 Å². The first-order chi connectivity index (χ1) is 19.2. The van der Waals surface area contributed by atoms with Crippen molar-refractivity contribution in [1.82, 2.24) is 0 Å². The molecule has 0 aromatic rings. The number of phosphoric acid groups is 1. The van der Waals surface area contributed by atoms with Gasteiger partial charge in [0.1, 0.15) is 13.2 Å². The molecule has 7 heteroatoms. The Kier molecular flexibility index (Phi) is 23.3. The second-order valence-electron chi connectivity index (χ2n) is 13.4. The molecule has 0 aromatic heterocycles. The fourth-order valence-corrected chi connectivity index (χ4v) is 6.65. The van der Waals surface area contributed by atoms with E-state index in [9.17, 15) is 9.46 Å². The maximum Gasteiger partial charge on any atom is 0.472 e. The molecule has 1 aliphatic carbocycles. The molecule has 0 saturated heterocycles. The molecule has 0 spiro atoms. The minimum Gasteiger partial charge on any atom is -0.381 e. The van der Waals surface area contributed by atoms with Gasteiger partial charge in [-0.3, -0.25) is 9.05 Å². The number of quaternary nitrogens is 1. The second-order valence-corrected chi connectivity index (χ2v) is 14.8. The zero-order valence-corrected chi connectivity index (χ0v) is 28.1. The summed E-state index contributed by atoms with van der Waals surface area (Å²) in [6, 6.07) is 0. The molecule has 3 atom stereocenters. The Morgan fingerprint density at radius 3 is 1.57 bits per heavy atom. The van der Waals surface area contributed by atoms with Gasteiger partial charge in [0.05, 0.1) is 33.9 Å². The molecule has 0 amide bonds. The highest BCUT2D eigenvalue weighted by Crippen LogP contribution is 2.48. The number of ether oxygens (including phenoxy) is 1. The lowest BCUT2D eigenvalue weighted by atomic mass is 10.0. The van der Waals surface area contributed by atoms with Crippen LogP contribution in [0.2, 0.25) is 0 Å². The van der Waals surface area contributed by atoms with Crippen LogP contribution < -0.4 is 0 Å². The van der Waals surface area contributed by atoms with Crippen molar-refractivity contribution in [2.24, 2.45) is 5.92 Å². The number of rotatable bonds is 29. The molecular formula is C33H69NO5P+. The summed E-state index contributed by atoms with van der Waals surface area (Å²) in [5, 5.41) is 0. The van der Waals surface area contributed by atoms with E-state index in [1.54, 1.807) is 0 Å². The minimum atomic E-state index is -4.01. The molecule has 0 aromatic carbocycles. The maximum atomic E-state index is 12.3. The monoisotopic (exact) mass is 590 g/mol. The fraction of sp³-hybridized carbons (Fsp3) is 1.00. The Morgan fingerprint density at radius 1 is 0.675 bits per heavy atom. The SMILES string of the molecule is CCCCCCCCCCCCCCCCCCCCCCOC[C@@H]1CCC[C@H]1OP(=O)(O)OCC[N+](C)(C)C. The first-order valence-electron chi connectivity index (χ1n) is 17.3. The summed E-state index contributed by atoms with van der Waals surface area (Å²) in [6.07, 6.45) is 30.4. The quantitative estimate of drug-likeness (QED) is 0.0533. The molecule has 1 aliphatic rings. The van der Waals surface area contributed by atoms with Crippen molar-refractivity contribution in [3.05, 3.63) is 0 Å². The number of hydrogen-bond acceptors (Lipinski definition) is 4. The Morgan fingerprint density at radius 2 is 1.12 bits per heavy atom. The molecule has 1 N–H and O–H groups in total. The molecule has 240 valence electrons. The van der Waals surface area contributed by atoms with Crippen LogP contribution in [-0.4, -0.2) is 63.0 Å². The number of nitrogens with zero attached hydrogens (tertiary/aromatic N) is 1. The standard InChI is InChI=1S/C33H68NO5P/c1-5-6-7-8-9-10-11-12-13-14-15-16-17-18-19-20-21-22-23-24-29-37-31-32-26-25-27-33(32)39-40(35,36)38-30-28-34(2,3)4/h32-33H,5-31H2,1-4H3/p+1/t32-,33+/m0/s1. The summed E-state index contributed by atoms with van der Waals surface area (Å²) >= 11 is 0. The van der Waals surface area contributed by atoms with E-state index < -0.39 is 7.82 Å². The first kappa shape index (κ1) is 38.1. The molecule has 40 heavy (non-hydrogen) atoms. The lowest BCUT2D eigenvalue weighted by Gasteiger charge is -2.25. The van der Waals surface area contributed by atoms with Crippen molar-refractivity contribution >= 4 is 7.82 Å². The van der Waals surface area contributed by atoms with Crippen molar-refractivity contribution in [3.63, 3.8) is 0 Å². The lowest BCUT2D eigenvalue weighted by molar-refractivity contribution is -0.870. The van der Waals surface area contributed by atoms with Crippen LogP contribution in [0.3, 0.4) is 0 Å². The second kappa shape index (κ2) is 24.5. The fourth-order valence-electron chi connectivity index (χ4n) is 5.66. The molecule has 0 aliphatic heterocycles. The zero-order chi connectivity index (χ0) is 29.4. The van der Waals surface area contributed by atoms with Gasteiger partial charge in [-0.15, -0.1) is 0 Å². The summed E-state index contributed by atoms with van der Waals surface area (Å²) in [4.78, 5) is 10.1. The van der Waals surface area contributed by atoms with E-state index >= 15 is 0 Å². The van der Waals surface area contributed by atoms with Crippen LogP contribution in [0.4, 0.5) is 0 Å². The van der Waals surface area contributed by atoms with Gasteiger partial charge in [0.15, 0.2) is 0 Å². The number of phosphoric ester groups is 1. The highest BCUT2D eigenvalue weighted by Gasteiger charge is 2.35. The Balaban J connectivity index is 1.86. The minimum absolute atomic E-state index is 0.188.